The Bertz CT molecular complexity index is 785. The number of pyridine rings is 1. The molecule has 1 saturated heterocycles. The van der Waals surface area contributed by atoms with E-state index in [9.17, 15) is 4.79 Å². The van der Waals surface area contributed by atoms with E-state index in [4.69, 9.17) is 4.74 Å². The van der Waals surface area contributed by atoms with Gasteiger partial charge in [0.25, 0.3) is 5.91 Å². The van der Waals surface area contributed by atoms with Gasteiger partial charge in [-0.3, -0.25) is 9.78 Å². The molecule has 1 aliphatic heterocycles. The van der Waals surface area contributed by atoms with Gasteiger partial charge in [0, 0.05) is 25.0 Å². The van der Waals surface area contributed by atoms with Gasteiger partial charge in [0.05, 0.1) is 23.6 Å². The second kappa shape index (κ2) is 9.20. The fourth-order valence-electron chi connectivity index (χ4n) is 3.59. The highest BCUT2D eigenvalue weighted by atomic mass is 16.5. The van der Waals surface area contributed by atoms with Crippen molar-refractivity contribution in [2.24, 2.45) is 0 Å². The maximum absolute atomic E-state index is 12.5. The summed E-state index contributed by atoms with van der Waals surface area (Å²) >= 11 is 0. The Labute approximate surface area is 167 Å². The zero-order chi connectivity index (χ0) is 20.1. The molecule has 5 nitrogen and oxygen atoms in total. The maximum Gasteiger partial charge on any atom is 0.253 e. The quantitative estimate of drug-likeness (QED) is 0.710. The molecule has 0 aliphatic carbocycles. The van der Waals surface area contributed by atoms with Crippen molar-refractivity contribution in [1.29, 1.82) is 0 Å². The lowest BCUT2D eigenvalue weighted by atomic mass is 9.92. The van der Waals surface area contributed by atoms with Crippen molar-refractivity contribution in [1.82, 2.24) is 10.3 Å². The zero-order valence-corrected chi connectivity index (χ0v) is 17.3. The van der Waals surface area contributed by atoms with Crippen molar-refractivity contribution in [3.05, 3.63) is 53.3 Å². The van der Waals surface area contributed by atoms with Gasteiger partial charge >= 0.3 is 0 Å². The number of benzene rings is 1. The summed E-state index contributed by atoms with van der Waals surface area (Å²) in [5.74, 6) is 0.673. The van der Waals surface area contributed by atoms with Crippen molar-refractivity contribution >= 4 is 17.3 Å². The van der Waals surface area contributed by atoms with E-state index in [0.29, 0.717) is 23.9 Å². The third-order valence-corrected chi connectivity index (χ3v) is 5.16. The van der Waals surface area contributed by atoms with E-state index in [-0.39, 0.29) is 12.0 Å². The van der Waals surface area contributed by atoms with Gasteiger partial charge in [0.1, 0.15) is 0 Å². The van der Waals surface area contributed by atoms with Gasteiger partial charge in [-0.25, -0.2) is 0 Å². The molecule has 0 radical (unpaired) electrons. The zero-order valence-electron chi connectivity index (χ0n) is 17.3. The summed E-state index contributed by atoms with van der Waals surface area (Å²) in [6.45, 7) is 10.1. The average molecular weight is 382 g/mol. The molecule has 150 valence electrons. The third kappa shape index (κ3) is 4.90. The molecule has 0 saturated carbocycles. The van der Waals surface area contributed by atoms with E-state index in [1.54, 1.807) is 12.4 Å². The summed E-state index contributed by atoms with van der Waals surface area (Å²) in [6.07, 6.45) is 5.56. The predicted molar refractivity (Wildman–Crippen MR) is 113 cm³/mol. The number of amides is 1. The molecule has 1 aliphatic rings. The van der Waals surface area contributed by atoms with Gasteiger partial charge in [-0.1, -0.05) is 45.9 Å². The van der Waals surface area contributed by atoms with E-state index in [0.717, 1.165) is 30.8 Å². The Hall–Kier alpha value is -2.40. The van der Waals surface area contributed by atoms with Crippen LogP contribution in [0.3, 0.4) is 0 Å². The van der Waals surface area contributed by atoms with E-state index in [1.165, 1.54) is 11.1 Å². The highest BCUT2D eigenvalue weighted by Crippen LogP contribution is 2.34. The number of hydrogen-bond acceptors (Lipinski definition) is 4. The number of carbonyl (C=O) groups is 1. The van der Waals surface area contributed by atoms with Crippen LogP contribution in [0.15, 0.2) is 36.7 Å². The molecule has 1 atom stereocenters. The molecule has 2 N–H and O–H groups in total. The fourth-order valence-corrected chi connectivity index (χ4v) is 3.59. The molecule has 1 aromatic carbocycles. The smallest absolute Gasteiger partial charge is 0.253 e. The third-order valence-electron chi connectivity index (χ3n) is 5.16. The van der Waals surface area contributed by atoms with Gasteiger partial charge in [0.15, 0.2) is 0 Å². The van der Waals surface area contributed by atoms with E-state index < -0.39 is 0 Å². The van der Waals surface area contributed by atoms with Crippen LogP contribution >= 0.6 is 0 Å². The fraction of sp³-hybridized carbons (Fsp3) is 0.478. The van der Waals surface area contributed by atoms with Crippen LogP contribution in [-0.2, 0) is 4.74 Å². The highest BCUT2D eigenvalue weighted by molar-refractivity contribution is 5.95. The monoisotopic (exact) mass is 381 g/mol. The van der Waals surface area contributed by atoms with Crippen molar-refractivity contribution in [2.75, 3.05) is 18.5 Å². The second-order valence-corrected chi connectivity index (χ2v) is 8.05. The van der Waals surface area contributed by atoms with E-state index >= 15 is 0 Å². The average Bonchev–Trinajstić information content (AvgIpc) is 3.19. The Balaban J connectivity index is 1.78. The minimum absolute atomic E-state index is 0.118. The predicted octanol–water partition coefficient (Wildman–Crippen LogP) is 4.98. The number of aromatic nitrogens is 1. The van der Waals surface area contributed by atoms with Gasteiger partial charge in [-0.2, -0.15) is 0 Å². The first-order valence-electron chi connectivity index (χ1n) is 10.2. The van der Waals surface area contributed by atoms with Crippen LogP contribution in [0.25, 0.3) is 0 Å². The first-order valence-corrected chi connectivity index (χ1v) is 10.2. The van der Waals surface area contributed by atoms with Crippen molar-refractivity contribution in [2.45, 2.75) is 58.5 Å². The van der Waals surface area contributed by atoms with Gasteiger partial charge in [-0.15, -0.1) is 0 Å². The van der Waals surface area contributed by atoms with Crippen LogP contribution < -0.4 is 10.6 Å². The first-order chi connectivity index (χ1) is 13.5. The topological polar surface area (TPSA) is 63.2 Å². The van der Waals surface area contributed by atoms with Crippen LogP contribution in [0.4, 0.5) is 11.4 Å². The molecule has 3 rings (SSSR count). The standard InChI is InChI=1S/C23H31N3O2/c1-15(2)20-8-5-9-21(16(3)4)22(20)26-18-11-17(12-24-13-18)23(27)25-14-19-7-6-10-28-19/h5,8-9,11-13,15-16,19,26H,6-7,10,14H2,1-4H3,(H,25,27). The largest absolute Gasteiger partial charge is 0.376 e. The number of para-hydroxylation sites is 1. The van der Waals surface area contributed by atoms with E-state index in [2.05, 4.69) is 61.5 Å². The maximum atomic E-state index is 12.5. The summed E-state index contributed by atoms with van der Waals surface area (Å²) in [7, 11) is 0. The number of anilines is 2. The molecule has 2 heterocycles. The molecular formula is C23H31N3O2. The number of hydrogen-bond donors (Lipinski definition) is 2. The molecular weight excluding hydrogens is 350 g/mol. The summed E-state index contributed by atoms with van der Waals surface area (Å²) in [5.41, 5.74) is 5.01. The molecule has 2 aromatic rings. The lowest BCUT2D eigenvalue weighted by Gasteiger charge is -2.21. The summed E-state index contributed by atoms with van der Waals surface area (Å²) < 4.78 is 5.57. The molecule has 1 amide bonds. The molecule has 1 fully saturated rings. The number of nitrogens with zero attached hydrogens (tertiary/aromatic N) is 1. The number of nitrogens with one attached hydrogen (secondary N) is 2. The van der Waals surface area contributed by atoms with Crippen molar-refractivity contribution < 1.29 is 9.53 Å². The molecule has 28 heavy (non-hydrogen) atoms. The molecule has 5 heteroatoms. The highest BCUT2D eigenvalue weighted by Gasteiger charge is 2.18. The first kappa shape index (κ1) is 20.3. The number of ether oxygens (including phenoxy) is 1. The lowest BCUT2D eigenvalue weighted by molar-refractivity contribution is 0.0857. The molecule has 1 unspecified atom stereocenters. The van der Waals surface area contributed by atoms with Gasteiger partial charge in [-0.05, 0) is 41.9 Å². The van der Waals surface area contributed by atoms with Gasteiger partial charge < -0.3 is 15.4 Å². The second-order valence-electron chi connectivity index (χ2n) is 8.05. The van der Waals surface area contributed by atoms with Crippen LogP contribution in [0.2, 0.25) is 0 Å². The SMILES string of the molecule is CC(C)c1cccc(C(C)C)c1Nc1cncc(C(=O)NCC2CCCO2)c1. The number of rotatable bonds is 7. The van der Waals surface area contributed by atoms with E-state index in [1.807, 2.05) is 6.07 Å². The Kier molecular flexibility index (Phi) is 6.68. The van der Waals surface area contributed by atoms with Crippen LogP contribution in [0.1, 0.15) is 73.9 Å². The minimum atomic E-state index is -0.118. The minimum Gasteiger partial charge on any atom is -0.376 e. The summed E-state index contributed by atoms with van der Waals surface area (Å²) in [4.78, 5) is 16.8. The van der Waals surface area contributed by atoms with Crippen LogP contribution in [0, 0.1) is 0 Å². The van der Waals surface area contributed by atoms with Gasteiger partial charge in [0.2, 0.25) is 0 Å². The Morgan fingerprint density at radius 3 is 2.50 bits per heavy atom. The van der Waals surface area contributed by atoms with Crippen LogP contribution in [0.5, 0.6) is 0 Å². The molecule has 1 aromatic heterocycles. The number of carbonyl (C=O) groups excluding carboxylic acids is 1. The normalized spacial score (nSPS) is 16.6. The summed E-state index contributed by atoms with van der Waals surface area (Å²) in [6, 6.07) is 8.29. The lowest BCUT2D eigenvalue weighted by Crippen LogP contribution is -2.31. The van der Waals surface area contributed by atoms with Crippen LogP contribution in [-0.4, -0.2) is 30.1 Å². The van der Waals surface area contributed by atoms with Crippen molar-refractivity contribution in [3.8, 4) is 0 Å². The summed E-state index contributed by atoms with van der Waals surface area (Å²) in [5, 5.41) is 6.49. The molecule has 0 bridgehead atoms. The molecule has 0 spiro atoms. The van der Waals surface area contributed by atoms with Crippen molar-refractivity contribution in [3.63, 3.8) is 0 Å². The Morgan fingerprint density at radius 1 is 1.18 bits per heavy atom. The Morgan fingerprint density at radius 2 is 1.89 bits per heavy atom.